The molecule has 0 fully saturated rings. The molecule has 1 aromatic heterocycles. The zero-order valence-corrected chi connectivity index (χ0v) is 11.4. The maximum atomic E-state index is 4.46. The minimum Gasteiger partial charge on any atom is -0.316 e. The summed E-state index contributed by atoms with van der Waals surface area (Å²) in [7, 11) is 2.01. The van der Waals surface area contributed by atoms with Gasteiger partial charge < -0.3 is 5.32 Å². The van der Waals surface area contributed by atoms with E-state index in [2.05, 4.69) is 53.1 Å². The molecule has 1 N–H and O–H groups in total. The number of halogens is 1. The number of hydrogen-bond acceptors (Lipinski definition) is 2. The largest absolute Gasteiger partial charge is 0.316 e. The van der Waals surface area contributed by atoms with Crippen molar-refractivity contribution in [3.63, 3.8) is 0 Å². The van der Waals surface area contributed by atoms with Gasteiger partial charge in [-0.2, -0.15) is 0 Å². The number of aryl methyl sites for hydroxylation is 1. The van der Waals surface area contributed by atoms with Gasteiger partial charge in [-0.3, -0.25) is 4.98 Å². The van der Waals surface area contributed by atoms with E-state index in [1.165, 1.54) is 11.3 Å². The van der Waals surface area contributed by atoms with Crippen molar-refractivity contribution in [3.8, 4) is 0 Å². The average Bonchev–Trinajstić information content (AvgIpc) is 2.16. The molecule has 0 radical (unpaired) electrons. The van der Waals surface area contributed by atoms with Crippen LogP contribution in [0.25, 0.3) is 0 Å². The van der Waals surface area contributed by atoms with E-state index in [1.54, 1.807) is 0 Å². The van der Waals surface area contributed by atoms with Gasteiger partial charge >= 0.3 is 0 Å². The van der Waals surface area contributed by atoms with E-state index in [1.807, 2.05) is 13.2 Å². The fourth-order valence-electron chi connectivity index (χ4n) is 1.66. The lowest BCUT2D eigenvalue weighted by Crippen LogP contribution is -2.33. The Morgan fingerprint density at radius 3 is 2.60 bits per heavy atom. The van der Waals surface area contributed by atoms with E-state index in [4.69, 9.17) is 0 Å². The molecule has 3 heteroatoms. The third-order valence-electron chi connectivity index (χ3n) is 2.74. The lowest BCUT2D eigenvalue weighted by Gasteiger charge is -2.20. The van der Waals surface area contributed by atoms with Crippen LogP contribution in [0.1, 0.15) is 25.1 Å². The standard InChI is InChI=1S/C12H19BrN2/c1-8(2)11(14-4)6-12-9(3)5-10(13)7-15-12/h5,7-8,11,14H,6H2,1-4H3. The van der Waals surface area contributed by atoms with E-state index in [0.717, 1.165) is 10.9 Å². The molecule has 84 valence electrons. The summed E-state index contributed by atoms with van der Waals surface area (Å²) in [5, 5.41) is 3.34. The second kappa shape index (κ2) is 5.61. The van der Waals surface area contributed by atoms with Gasteiger partial charge in [0.15, 0.2) is 0 Å². The van der Waals surface area contributed by atoms with Crippen molar-refractivity contribution >= 4 is 15.9 Å². The van der Waals surface area contributed by atoms with Crippen molar-refractivity contribution in [2.75, 3.05) is 7.05 Å². The molecule has 1 aromatic rings. The molecule has 0 spiro atoms. The highest BCUT2D eigenvalue weighted by atomic mass is 79.9. The first-order chi connectivity index (χ1) is 7.04. The molecule has 2 nitrogen and oxygen atoms in total. The van der Waals surface area contributed by atoms with Crippen molar-refractivity contribution in [1.82, 2.24) is 10.3 Å². The van der Waals surface area contributed by atoms with Crippen LogP contribution in [0.15, 0.2) is 16.7 Å². The molecule has 0 saturated carbocycles. The van der Waals surface area contributed by atoms with Gasteiger partial charge in [0.25, 0.3) is 0 Å². The van der Waals surface area contributed by atoms with Gasteiger partial charge in [0, 0.05) is 28.8 Å². The van der Waals surface area contributed by atoms with Crippen LogP contribution in [0.5, 0.6) is 0 Å². The smallest absolute Gasteiger partial charge is 0.0449 e. The summed E-state index contributed by atoms with van der Waals surface area (Å²) in [6.45, 7) is 6.57. The summed E-state index contributed by atoms with van der Waals surface area (Å²) < 4.78 is 1.05. The summed E-state index contributed by atoms with van der Waals surface area (Å²) in [6.07, 6.45) is 2.86. The maximum Gasteiger partial charge on any atom is 0.0449 e. The minimum absolute atomic E-state index is 0.498. The highest BCUT2D eigenvalue weighted by Crippen LogP contribution is 2.16. The van der Waals surface area contributed by atoms with E-state index in [0.29, 0.717) is 12.0 Å². The molecular formula is C12H19BrN2. The van der Waals surface area contributed by atoms with Crippen molar-refractivity contribution < 1.29 is 0 Å². The van der Waals surface area contributed by atoms with Crippen molar-refractivity contribution in [3.05, 3.63) is 28.0 Å². The summed E-state index contributed by atoms with van der Waals surface area (Å²) in [6, 6.07) is 2.62. The van der Waals surface area contributed by atoms with Gasteiger partial charge in [-0.05, 0) is 47.4 Å². The first-order valence-electron chi connectivity index (χ1n) is 5.33. The molecule has 0 saturated heterocycles. The Morgan fingerprint density at radius 2 is 2.13 bits per heavy atom. The fraction of sp³-hybridized carbons (Fsp3) is 0.583. The highest BCUT2D eigenvalue weighted by molar-refractivity contribution is 9.10. The third-order valence-corrected chi connectivity index (χ3v) is 3.18. The lowest BCUT2D eigenvalue weighted by atomic mass is 9.97. The first kappa shape index (κ1) is 12.7. The highest BCUT2D eigenvalue weighted by Gasteiger charge is 2.13. The summed E-state index contributed by atoms with van der Waals surface area (Å²) >= 11 is 3.43. The van der Waals surface area contributed by atoms with Gasteiger partial charge in [0.1, 0.15) is 0 Å². The molecule has 1 unspecified atom stereocenters. The van der Waals surface area contributed by atoms with Crippen molar-refractivity contribution in [2.45, 2.75) is 33.2 Å². The number of aromatic nitrogens is 1. The van der Waals surface area contributed by atoms with Crippen LogP contribution in [0.3, 0.4) is 0 Å². The van der Waals surface area contributed by atoms with Crippen LogP contribution >= 0.6 is 15.9 Å². The monoisotopic (exact) mass is 270 g/mol. The quantitative estimate of drug-likeness (QED) is 0.910. The normalized spacial score (nSPS) is 13.2. The lowest BCUT2D eigenvalue weighted by molar-refractivity contribution is 0.421. The van der Waals surface area contributed by atoms with E-state index in [9.17, 15) is 0 Å². The Kier molecular flexibility index (Phi) is 4.74. The van der Waals surface area contributed by atoms with Crippen LogP contribution in [0.4, 0.5) is 0 Å². The second-order valence-electron chi connectivity index (χ2n) is 4.26. The van der Waals surface area contributed by atoms with Gasteiger partial charge in [0.05, 0.1) is 0 Å². The van der Waals surface area contributed by atoms with Crippen LogP contribution in [-0.2, 0) is 6.42 Å². The zero-order valence-electron chi connectivity index (χ0n) is 9.84. The molecule has 0 aliphatic heterocycles. The molecule has 15 heavy (non-hydrogen) atoms. The molecule has 1 heterocycles. The predicted octanol–water partition coefficient (Wildman–Crippen LogP) is 2.94. The van der Waals surface area contributed by atoms with Gasteiger partial charge in [-0.1, -0.05) is 13.8 Å². The minimum atomic E-state index is 0.498. The Balaban J connectivity index is 2.79. The molecule has 0 aromatic carbocycles. The number of pyridine rings is 1. The maximum absolute atomic E-state index is 4.46. The molecule has 1 rings (SSSR count). The Bertz CT molecular complexity index is 323. The first-order valence-corrected chi connectivity index (χ1v) is 6.12. The topological polar surface area (TPSA) is 24.9 Å². The number of hydrogen-bond donors (Lipinski definition) is 1. The number of nitrogens with one attached hydrogen (secondary N) is 1. The van der Waals surface area contributed by atoms with E-state index in [-0.39, 0.29) is 0 Å². The fourth-order valence-corrected chi connectivity index (χ4v) is 2.11. The van der Waals surface area contributed by atoms with Crippen LogP contribution in [-0.4, -0.2) is 18.1 Å². The molecule has 0 aliphatic rings. The molecule has 0 amide bonds. The van der Waals surface area contributed by atoms with Gasteiger partial charge in [0.2, 0.25) is 0 Å². The summed E-state index contributed by atoms with van der Waals surface area (Å²) in [5.74, 6) is 0.625. The number of likely N-dealkylation sites (N-methyl/N-ethyl adjacent to an activating group) is 1. The summed E-state index contributed by atoms with van der Waals surface area (Å²) in [5.41, 5.74) is 2.44. The SMILES string of the molecule is CNC(Cc1ncc(Br)cc1C)C(C)C. The van der Waals surface area contributed by atoms with Crippen LogP contribution < -0.4 is 5.32 Å². The molecular weight excluding hydrogens is 252 g/mol. The van der Waals surface area contributed by atoms with Gasteiger partial charge in [-0.15, -0.1) is 0 Å². The van der Waals surface area contributed by atoms with Crippen molar-refractivity contribution in [1.29, 1.82) is 0 Å². The van der Waals surface area contributed by atoms with Crippen LogP contribution in [0.2, 0.25) is 0 Å². The number of nitrogens with zero attached hydrogens (tertiary/aromatic N) is 1. The van der Waals surface area contributed by atoms with Gasteiger partial charge in [-0.25, -0.2) is 0 Å². The Hall–Kier alpha value is -0.410. The molecule has 0 aliphatic carbocycles. The third kappa shape index (κ3) is 3.58. The van der Waals surface area contributed by atoms with Crippen LogP contribution in [0, 0.1) is 12.8 Å². The zero-order chi connectivity index (χ0) is 11.4. The Morgan fingerprint density at radius 1 is 1.47 bits per heavy atom. The van der Waals surface area contributed by atoms with E-state index < -0.39 is 0 Å². The molecule has 1 atom stereocenters. The average molecular weight is 271 g/mol. The second-order valence-corrected chi connectivity index (χ2v) is 5.18. The molecule has 0 bridgehead atoms. The predicted molar refractivity (Wildman–Crippen MR) is 68.1 cm³/mol. The summed E-state index contributed by atoms with van der Waals surface area (Å²) in [4.78, 5) is 4.46. The van der Waals surface area contributed by atoms with Crippen molar-refractivity contribution in [2.24, 2.45) is 5.92 Å². The Labute approximate surface area is 101 Å². The number of rotatable bonds is 4. The van der Waals surface area contributed by atoms with E-state index >= 15 is 0 Å².